The Bertz CT molecular complexity index is 436. The van der Waals surface area contributed by atoms with Crippen LogP contribution in [0.2, 0.25) is 0 Å². The van der Waals surface area contributed by atoms with E-state index in [1.165, 1.54) is 0 Å². The van der Waals surface area contributed by atoms with Crippen LogP contribution in [-0.2, 0) is 6.54 Å². The molecule has 82 valence electrons. The molecular formula is C8H7F3N2O2. The minimum Gasteiger partial charge on any atom is -0.365 e. The highest BCUT2D eigenvalue weighted by molar-refractivity contribution is 5.92. The van der Waals surface area contributed by atoms with Crippen LogP contribution < -0.4 is 11.2 Å². The van der Waals surface area contributed by atoms with Gasteiger partial charge in [-0.1, -0.05) is 0 Å². The molecule has 1 aromatic heterocycles. The lowest BCUT2D eigenvalue weighted by molar-refractivity contribution is -0.140. The zero-order valence-corrected chi connectivity index (χ0v) is 7.41. The minimum atomic E-state index is -4.41. The Balaban J connectivity index is 3.09. The minimum absolute atomic E-state index is 0.457. The van der Waals surface area contributed by atoms with Crippen LogP contribution in [0.15, 0.2) is 23.3 Å². The molecule has 0 atom stereocenters. The van der Waals surface area contributed by atoms with Gasteiger partial charge in [-0.05, 0) is 0 Å². The third-order valence-electron chi connectivity index (χ3n) is 1.61. The van der Waals surface area contributed by atoms with Crippen LogP contribution in [0.3, 0.4) is 0 Å². The second-order valence-corrected chi connectivity index (χ2v) is 2.87. The monoisotopic (exact) mass is 220 g/mol. The van der Waals surface area contributed by atoms with Crippen LogP contribution in [0.1, 0.15) is 10.4 Å². The highest BCUT2D eigenvalue weighted by atomic mass is 19.4. The van der Waals surface area contributed by atoms with Gasteiger partial charge >= 0.3 is 6.18 Å². The number of amides is 1. The summed E-state index contributed by atoms with van der Waals surface area (Å²) in [5.41, 5.74) is 3.66. The number of alkyl halides is 3. The number of aromatic nitrogens is 1. The molecule has 0 spiro atoms. The molecule has 0 bridgehead atoms. The number of hydrogen-bond donors (Lipinski definition) is 1. The Morgan fingerprint density at radius 2 is 2.07 bits per heavy atom. The lowest BCUT2D eigenvalue weighted by Gasteiger charge is -2.09. The quantitative estimate of drug-likeness (QED) is 0.789. The molecular weight excluding hydrogens is 213 g/mol. The third-order valence-corrected chi connectivity index (χ3v) is 1.61. The van der Waals surface area contributed by atoms with E-state index in [-0.39, 0.29) is 0 Å². The van der Waals surface area contributed by atoms with E-state index in [4.69, 9.17) is 5.73 Å². The molecule has 0 unspecified atom stereocenters. The first-order valence-electron chi connectivity index (χ1n) is 3.86. The average Bonchev–Trinajstić information content (AvgIpc) is 2.05. The average molecular weight is 220 g/mol. The van der Waals surface area contributed by atoms with Crippen LogP contribution in [-0.4, -0.2) is 16.7 Å². The van der Waals surface area contributed by atoms with Crippen molar-refractivity contribution >= 4 is 5.91 Å². The van der Waals surface area contributed by atoms with Gasteiger partial charge in [-0.15, -0.1) is 0 Å². The standard InChI is InChI=1S/C8H7F3N2O2/c9-8(10,11)4-13-2-1-6(14)5(3-13)7(12)15/h1-3H,4H2,(H2,12,15). The summed E-state index contributed by atoms with van der Waals surface area (Å²) in [6.07, 6.45) is -2.68. The first-order valence-corrected chi connectivity index (χ1v) is 3.86. The summed E-state index contributed by atoms with van der Waals surface area (Å²) in [6, 6.07) is 0.867. The molecule has 1 rings (SSSR count). The SMILES string of the molecule is NC(=O)c1cn(CC(F)(F)F)ccc1=O. The molecule has 0 radical (unpaired) electrons. The Kier molecular flexibility index (Phi) is 2.83. The van der Waals surface area contributed by atoms with Gasteiger partial charge in [0.15, 0.2) is 5.43 Å². The van der Waals surface area contributed by atoms with Crippen LogP contribution in [0.4, 0.5) is 13.2 Å². The summed E-state index contributed by atoms with van der Waals surface area (Å²) in [6.45, 7) is -1.27. The van der Waals surface area contributed by atoms with E-state index < -0.39 is 29.6 Å². The van der Waals surface area contributed by atoms with Crippen molar-refractivity contribution in [3.05, 3.63) is 34.2 Å². The van der Waals surface area contributed by atoms with Crippen LogP contribution in [0.5, 0.6) is 0 Å². The first-order chi connectivity index (χ1) is 6.79. The zero-order valence-electron chi connectivity index (χ0n) is 7.41. The molecule has 15 heavy (non-hydrogen) atoms. The number of nitrogens with two attached hydrogens (primary N) is 1. The number of nitrogens with zero attached hydrogens (tertiary/aromatic N) is 1. The molecule has 0 aliphatic carbocycles. The van der Waals surface area contributed by atoms with Gasteiger partial charge in [-0.25, -0.2) is 0 Å². The predicted molar refractivity (Wildman–Crippen MR) is 45.3 cm³/mol. The van der Waals surface area contributed by atoms with Crippen molar-refractivity contribution in [3.63, 3.8) is 0 Å². The molecule has 0 aliphatic rings. The molecule has 2 N–H and O–H groups in total. The summed E-state index contributed by atoms with van der Waals surface area (Å²) in [7, 11) is 0. The van der Waals surface area contributed by atoms with Gasteiger partial charge in [0.1, 0.15) is 12.1 Å². The smallest absolute Gasteiger partial charge is 0.365 e. The molecule has 0 saturated carbocycles. The Morgan fingerprint density at radius 1 is 1.47 bits per heavy atom. The number of primary amides is 1. The lowest BCUT2D eigenvalue weighted by atomic mass is 10.2. The third kappa shape index (κ3) is 3.12. The van der Waals surface area contributed by atoms with E-state index in [9.17, 15) is 22.8 Å². The highest BCUT2D eigenvalue weighted by Crippen LogP contribution is 2.16. The maximum absolute atomic E-state index is 12.0. The fourth-order valence-electron chi connectivity index (χ4n) is 1.02. The fraction of sp³-hybridized carbons (Fsp3) is 0.250. The molecule has 0 saturated heterocycles. The van der Waals surface area contributed by atoms with E-state index in [0.717, 1.165) is 18.5 Å². The summed E-state index contributed by atoms with van der Waals surface area (Å²) in [5.74, 6) is -1.04. The lowest BCUT2D eigenvalue weighted by Crippen LogP contribution is -2.25. The Morgan fingerprint density at radius 3 is 2.53 bits per heavy atom. The van der Waals surface area contributed by atoms with E-state index in [1.807, 2.05) is 0 Å². The largest absolute Gasteiger partial charge is 0.406 e. The first kappa shape index (κ1) is 11.3. The number of hydrogen-bond acceptors (Lipinski definition) is 2. The number of carbonyl (C=O) groups is 1. The van der Waals surface area contributed by atoms with Crippen LogP contribution >= 0.6 is 0 Å². The highest BCUT2D eigenvalue weighted by Gasteiger charge is 2.27. The predicted octanol–water partition coefficient (Wildman–Crippen LogP) is 0.510. The van der Waals surface area contributed by atoms with Gasteiger partial charge in [-0.2, -0.15) is 13.2 Å². The van der Waals surface area contributed by atoms with E-state index in [2.05, 4.69) is 0 Å². The fourth-order valence-corrected chi connectivity index (χ4v) is 1.02. The van der Waals surface area contributed by atoms with Crippen molar-refractivity contribution in [1.82, 2.24) is 4.57 Å². The molecule has 0 aromatic carbocycles. The zero-order chi connectivity index (χ0) is 11.6. The van der Waals surface area contributed by atoms with Gasteiger partial charge in [0, 0.05) is 18.5 Å². The van der Waals surface area contributed by atoms with Crippen LogP contribution in [0, 0.1) is 0 Å². The number of carbonyl (C=O) groups excluding carboxylic acids is 1. The van der Waals surface area contributed by atoms with Gasteiger partial charge in [0.2, 0.25) is 0 Å². The van der Waals surface area contributed by atoms with Crippen molar-refractivity contribution in [2.24, 2.45) is 5.73 Å². The maximum atomic E-state index is 12.0. The Labute approximate surface area is 82.1 Å². The summed E-state index contributed by atoms with van der Waals surface area (Å²) in [5, 5.41) is 0. The van der Waals surface area contributed by atoms with Gasteiger partial charge < -0.3 is 10.3 Å². The molecule has 1 amide bonds. The van der Waals surface area contributed by atoms with Crippen molar-refractivity contribution in [2.45, 2.75) is 12.7 Å². The molecule has 4 nitrogen and oxygen atoms in total. The molecule has 1 heterocycles. The van der Waals surface area contributed by atoms with E-state index >= 15 is 0 Å². The van der Waals surface area contributed by atoms with Gasteiger partial charge in [-0.3, -0.25) is 9.59 Å². The summed E-state index contributed by atoms with van der Waals surface area (Å²) >= 11 is 0. The molecule has 0 aliphatic heterocycles. The molecule has 1 aromatic rings. The second kappa shape index (κ2) is 3.76. The summed E-state index contributed by atoms with van der Waals surface area (Å²) in [4.78, 5) is 21.7. The van der Waals surface area contributed by atoms with Crippen molar-refractivity contribution in [2.75, 3.05) is 0 Å². The van der Waals surface area contributed by atoms with Gasteiger partial charge in [0.05, 0.1) is 0 Å². The number of halogens is 3. The van der Waals surface area contributed by atoms with Crippen molar-refractivity contribution < 1.29 is 18.0 Å². The molecule has 0 fully saturated rings. The van der Waals surface area contributed by atoms with E-state index in [1.54, 1.807) is 0 Å². The summed E-state index contributed by atoms with van der Waals surface area (Å²) < 4.78 is 36.6. The van der Waals surface area contributed by atoms with E-state index in [0.29, 0.717) is 4.57 Å². The Hall–Kier alpha value is -1.79. The number of pyridine rings is 1. The van der Waals surface area contributed by atoms with Crippen molar-refractivity contribution in [1.29, 1.82) is 0 Å². The van der Waals surface area contributed by atoms with Crippen molar-refractivity contribution in [3.8, 4) is 0 Å². The van der Waals surface area contributed by atoms with Crippen LogP contribution in [0.25, 0.3) is 0 Å². The maximum Gasteiger partial charge on any atom is 0.406 e. The van der Waals surface area contributed by atoms with Gasteiger partial charge in [0.25, 0.3) is 5.91 Å². The normalized spacial score (nSPS) is 11.4. The number of rotatable bonds is 2. The molecule has 7 heteroatoms. The topological polar surface area (TPSA) is 65.1 Å². The second-order valence-electron chi connectivity index (χ2n) is 2.87.